The van der Waals surface area contributed by atoms with E-state index in [1.807, 2.05) is 0 Å². The molecule has 5 nitrogen and oxygen atoms in total. The summed E-state index contributed by atoms with van der Waals surface area (Å²) in [6, 6.07) is 0.665. The molecule has 0 unspecified atom stereocenters. The number of hydrogen-bond acceptors (Lipinski definition) is 6. The molecule has 0 aromatic carbocycles. The van der Waals surface area contributed by atoms with Crippen LogP contribution in [0.3, 0.4) is 0 Å². The zero-order valence-corrected chi connectivity index (χ0v) is 16.9. The van der Waals surface area contributed by atoms with Crippen molar-refractivity contribution in [2.45, 2.75) is 56.6 Å². The first kappa shape index (κ1) is 18.7. The van der Waals surface area contributed by atoms with E-state index in [9.17, 15) is 0 Å². The zero-order valence-electron chi connectivity index (χ0n) is 16.1. The highest BCUT2D eigenvalue weighted by atomic mass is 32.1. The first-order chi connectivity index (χ1) is 13.2. The van der Waals surface area contributed by atoms with Gasteiger partial charge in [-0.2, -0.15) is 0 Å². The molecule has 2 aliphatic carbocycles. The summed E-state index contributed by atoms with van der Waals surface area (Å²) in [6.45, 7) is 1.02. The van der Waals surface area contributed by atoms with E-state index in [1.54, 1.807) is 17.7 Å². The van der Waals surface area contributed by atoms with E-state index in [-0.39, 0.29) is 6.10 Å². The molecule has 0 aliphatic heterocycles. The standard InChI is InChI=1S/C21H27N3O2S/c1-4-11-25-12-14-5-10-17-18(14)19-20(22-13-23-21(19)27-17)26-16-8-6-15(7-9-16)24(2)3/h1,13-16H,5-12H2,2-3H3/t14-,15?,16?/m1/s1. The van der Waals surface area contributed by atoms with Gasteiger partial charge in [0.15, 0.2) is 0 Å². The number of aryl methyl sites for hydroxylation is 1. The van der Waals surface area contributed by atoms with Crippen LogP contribution in [0.2, 0.25) is 0 Å². The Labute approximate surface area is 165 Å². The lowest BCUT2D eigenvalue weighted by atomic mass is 9.92. The maximum atomic E-state index is 6.42. The summed E-state index contributed by atoms with van der Waals surface area (Å²) in [7, 11) is 4.33. The van der Waals surface area contributed by atoms with Gasteiger partial charge in [-0.15, -0.1) is 17.8 Å². The largest absolute Gasteiger partial charge is 0.474 e. The number of ether oxygens (including phenoxy) is 2. The van der Waals surface area contributed by atoms with E-state index in [0.29, 0.717) is 25.2 Å². The van der Waals surface area contributed by atoms with E-state index < -0.39 is 0 Å². The highest BCUT2D eigenvalue weighted by molar-refractivity contribution is 7.19. The molecule has 0 bridgehead atoms. The van der Waals surface area contributed by atoms with Crippen molar-refractivity contribution in [2.75, 3.05) is 27.3 Å². The van der Waals surface area contributed by atoms with Crippen LogP contribution in [-0.4, -0.2) is 54.3 Å². The maximum Gasteiger partial charge on any atom is 0.225 e. The molecule has 0 spiro atoms. The van der Waals surface area contributed by atoms with Gasteiger partial charge in [0.1, 0.15) is 23.9 Å². The monoisotopic (exact) mass is 385 g/mol. The highest BCUT2D eigenvalue weighted by Crippen LogP contribution is 2.46. The van der Waals surface area contributed by atoms with E-state index in [1.165, 1.54) is 23.3 Å². The van der Waals surface area contributed by atoms with Crippen LogP contribution in [0.5, 0.6) is 5.88 Å². The van der Waals surface area contributed by atoms with Crippen molar-refractivity contribution < 1.29 is 9.47 Å². The van der Waals surface area contributed by atoms with E-state index in [4.69, 9.17) is 15.9 Å². The van der Waals surface area contributed by atoms with E-state index in [2.05, 4.69) is 34.9 Å². The topological polar surface area (TPSA) is 47.5 Å². The molecule has 4 rings (SSSR count). The van der Waals surface area contributed by atoms with Crippen molar-refractivity contribution in [1.29, 1.82) is 0 Å². The van der Waals surface area contributed by atoms with Crippen molar-refractivity contribution in [2.24, 2.45) is 0 Å². The summed E-state index contributed by atoms with van der Waals surface area (Å²) in [4.78, 5) is 13.8. The van der Waals surface area contributed by atoms with Gasteiger partial charge < -0.3 is 14.4 Å². The highest BCUT2D eigenvalue weighted by Gasteiger charge is 2.31. The lowest BCUT2D eigenvalue weighted by molar-refractivity contribution is 0.108. The molecule has 0 saturated heterocycles. The lowest BCUT2D eigenvalue weighted by Gasteiger charge is -2.32. The van der Waals surface area contributed by atoms with Gasteiger partial charge in [-0.05, 0) is 58.2 Å². The fourth-order valence-corrected chi connectivity index (χ4v) is 5.63. The molecule has 1 atom stereocenters. The SMILES string of the molecule is C#CCOC[C@H]1CCc2sc3ncnc(OC4CCC(N(C)C)CC4)c3c21. The summed E-state index contributed by atoms with van der Waals surface area (Å²) in [5, 5.41) is 1.11. The molecular weight excluding hydrogens is 358 g/mol. The molecule has 2 aromatic heterocycles. The zero-order chi connectivity index (χ0) is 18.8. The number of nitrogens with zero attached hydrogens (tertiary/aromatic N) is 3. The van der Waals surface area contributed by atoms with E-state index in [0.717, 1.165) is 41.8 Å². The summed E-state index contributed by atoms with van der Waals surface area (Å²) in [5.41, 5.74) is 1.34. The summed E-state index contributed by atoms with van der Waals surface area (Å²) in [5.74, 6) is 3.67. The predicted molar refractivity (Wildman–Crippen MR) is 108 cm³/mol. The van der Waals surface area contributed by atoms with Crippen LogP contribution in [0, 0.1) is 12.3 Å². The summed E-state index contributed by atoms with van der Waals surface area (Å²) < 4.78 is 12.1. The van der Waals surface area contributed by atoms with Gasteiger partial charge in [0.2, 0.25) is 5.88 Å². The second-order valence-electron chi connectivity index (χ2n) is 7.76. The second kappa shape index (κ2) is 8.14. The molecule has 144 valence electrons. The van der Waals surface area contributed by atoms with Crippen molar-refractivity contribution in [3.05, 3.63) is 16.8 Å². The van der Waals surface area contributed by atoms with Crippen molar-refractivity contribution in [1.82, 2.24) is 14.9 Å². The average molecular weight is 386 g/mol. The van der Waals surface area contributed by atoms with Gasteiger partial charge in [0.25, 0.3) is 0 Å². The number of aromatic nitrogens is 2. The van der Waals surface area contributed by atoms with Gasteiger partial charge in [-0.1, -0.05) is 5.92 Å². The van der Waals surface area contributed by atoms with Gasteiger partial charge in [-0.3, -0.25) is 0 Å². The third-order valence-corrected chi connectivity index (χ3v) is 7.03. The van der Waals surface area contributed by atoms with Crippen molar-refractivity contribution in [3.63, 3.8) is 0 Å². The molecule has 2 aliphatic rings. The average Bonchev–Trinajstić information content (AvgIpc) is 3.22. The Bertz CT molecular complexity index is 834. The smallest absolute Gasteiger partial charge is 0.225 e. The third kappa shape index (κ3) is 3.82. The Hall–Kier alpha value is -1.68. The van der Waals surface area contributed by atoms with Crippen molar-refractivity contribution >= 4 is 21.6 Å². The maximum absolute atomic E-state index is 6.42. The molecule has 2 aromatic rings. The van der Waals surface area contributed by atoms with Crippen LogP contribution < -0.4 is 4.74 Å². The first-order valence-corrected chi connectivity index (χ1v) is 10.6. The second-order valence-corrected chi connectivity index (χ2v) is 8.85. The van der Waals surface area contributed by atoms with Gasteiger partial charge in [0, 0.05) is 16.8 Å². The third-order valence-electron chi connectivity index (χ3n) is 5.85. The first-order valence-electron chi connectivity index (χ1n) is 9.78. The van der Waals surface area contributed by atoms with Crippen LogP contribution in [0.1, 0.15) is 48.5 Å². The minimum Gasteiger partial charge on any atom is -0.474 e. The molecule has 0 radical (unpaired) electrons. The Kier molecular flexibility index (Phi) is 5.63. The van der Waals surface area contributed by atoms with Crippen LogP contribution in [0.25, 0.3) is 10.2 Å². The minimum atomic E-state index is 0.243. The van der Waals surface area contributed by atoms with Gasteiger partial charge in [0.05, 0.1) is 12.0 Å². The number of thiophene rings is 1. The normalized spacial score (nSPS) is 24.9. The Morgan fingerprint density at radius 3 is 2.78 bits per heavy atom. The Morgan fingerprint density at radius 2 is 2.04 bits per heavy atom. The Balaban J connectivity index is 1.55. The van der Waals surface area contributed by atoms with Crippen LogP contribution >= 0.6 is 11.3 Å². The lowest BCUT2D eigenvalue weighted by Crippen LogP contribution is -2.35. The van der Waals surface area contributed by atoms with Gasteiger partial charge in [-0.25, -0.2) is 9.97 Å². The van der Waals surface area contributed by atoms with Crippen LogP contribution in [-0.2, 0) is 11.2 Å². The molecule has 27 heavy (non-hydrogen) atoms. The van der Waals surface area contributed by atoms with Gasteiger partial charge >= 0.3 is 0 Å². The quantitative estimate of drug-likeness (QED) is 0.561. The van der Waals surface area contributed by atoms with E-state index >= 15 is 0 Å². The van der Waals surface area contributed by atoms with Crippen LogP contribution in [0.4, 0.5) is 0 Å². The fraction of sp³-hybridized carbons (Fsp3) is 0.619. The summed E-state index contributed by atoms with van der Waals surface area (Å²) >= 11 is 1.78. The molecule has 0 N–H and O–H groups in total. The number of fused-ring (bicyclic) bond motifs is 3. The Morgan fingerprint density at radius 1 is 1.22 bits per heavy atom. The summed E-state index contributed by atoms with van der Waals surface area (Å²) in [6.07, 6.45) is 13.9. The predicted octanol–water partition coefficient (Wildman–Crippen LogP) is 3.62. The molecular formula is C21H27N3O2S. The molecule has 0 amide bonds. The van der Waals surface area contributed by atoms with Crippen molar-refractivity contribution in [3.8, 4) is 18.2 Å². The molecule has 1 fully saturated rings. The number of hydrogen-bond donors (Lipinski definition) is 0. The van der Waals surface area contributed by atoms with Crippen LogP contribution in [0.15, 0.2) is 6.33 Å². The molecule has 1 saturated carbocycles. The number of rotatable bonds is 6. The number of terminal acetylenes is 1. The fourth-order valence-electron chi connectivity index (χ4n) is 4.39. The molecule has 6 heteroatoms. The minimum absolute atomic E-state index is 0.243. The molecule has 2 heterocycles.